The maximum Gasteiger partial charge on any atom is 0.407 e. The number of fused-ring (bicyclic) bond motifs is 1. The minimum atomic E-state index is -0.368. The van der Waals surface area contributed by atoms with Gasteiger partial charge in [0.1, 0.15) is 17.2 Å². The molecule has 2 heterocycles. The first-order chi connectivity index (χ1) is 14.1. The lowest BCUT2D eigenvalue weighted by atomic mass is 9.94. The fourth-order valence-electron chi connectivity index (χ4n) is 3.24. The van der Waals surface area contributed by atoms with Crippen LogP contribution in [0.3, 0.4) is 0 Å². The van der Waals surface area contributed by atoms with Gasteiger partial charge in [0.15, 0.2) is 0 Å². The number of nitriles is 1. The van der Waals surface area contributed by atoms with Crippen LogP contribution < -0.4 is 10.6 Å². The second-order valence-corrected chi connectivity index (χ2v) is 8.22. The van der Waals surface area contributed by atoms with Crippen molar-refractivity contribution in [2.24, 2.45) is 0 Å². The summed E-state index contributed by atoms with van der Waals surface area (Å²) < 4.78 is 5.52. The third-order valence-electron chi connectivity index (χ3n) is 4.85. The van der Waals surface area contributed by atoms with Gasteiger partial charge in [-0.3, -0.25) is 9.78 Å². The van der Waals surface area contributed by atoms with Crippen LogP contribution in [0.25, 0.3) is 6.08 Å². The van der Waals surface area contributed by atoms with E-state index in [9.17, 15) is 14.9 Å². The van der Waals surface area contributed by atoms with Crippen molar-refractivity contribution in [3.05, 3.63) is 52.2 Å². The number of thiophene rings is 1. The summed E-state index contributed by atoms with van der Waals surface area (Å²) in [6.45, 7) is 0. The van der Waals surface area contributed by atoms with Crippen molar-refractivity contribution in [1.82, 2.24) is 10.3 Å². The Morgan fingerprint density at radius 2 is 2.21 bits per heavy atom. The highest BCUT2D eigenvalue weighted by Crippen LogP contribution is 2.38. The van der Waals surface area contributed by atoms with Gasteiger partial charge in [0.05, 0.1) is 5.56 Å². The van der Waals surface area contributed by atoms with Gasteiger partial charge in [-0.25, -0.2) is 4.79 Å². The van der Waals surface area contributed by atoms with Crippen LogP contribution in [0.15, 0.2) is 30.6 Å². The molecule has 2 aromatic rings. The van der Waals surface area contributed by atoms with Gasteiger partial charge in [-0.1, -0.05) is 6.07 Å². The number of anilines is 1. The van der Waals surface area contributed by atoms with E-state index in [-0.39, 0.29) is 24.1 Å². The minimum absolute atomic E-state index is 0.208. The summed E-state index contributed by atoms with van der Waals surface area (Å²) in [6.07, 6.45) is 9.75. The summed E-state index contributed by atoms with van der Waals surface area (Å²) in [4.78, 5) is 29.2. The molecule has 0 radical (unpaired) electrons. The Morgan fingerprint density at radius 3 is 2.93 bits per heavy atom. The lowest BCUT2D eigenvalue weighted by Crippen LogP contribution is -2.32. The van der Waals surface area contributed by atoms with Gasteiger partial charge in [0.2, 0.25) is 5.91 Å². The number of hydrogen-bond acceptors (Lipinski definition) is 6. The molecule has 2 amide bonds. The highest BCUT2D eigenvalue weighted by molar-refractivity contribution is 7.16. The summed E-state index contributed by atoms with van der Waals surface area (Å²) in [6, 6.07) is 6.12. The smallest absolute Gasteiger partial charge is 0.407 e. The lowest BCUT2D eigenvalue weighted by molar-refractivity contribution is -0.111. The summed E-state index contributed by atoms with van der Waals surface area (Å²) >= 11 is 1.38. The van der Waals surface area contributed by atoms with Gasteiger partial charge >= 0.3 is 6.09 Å². The molecule has 2 aliphatic carbocycles. The van der Waals surface area contributed by atoms with E-state index >= 15 is 0 Å². The lowest BCUT2D eigenvalue weighted by Gasteiger charge is -2.22. The molecule has 0 aliphatic heterocycles. The van der Waals surface area contributed by atoms with E-state index in [0.717, 1.165) is 28.8 Å². The second kappa shape index (κ2) is 8.45. The number of alkyl carbamates (subject to hydrolysis) is 1. The molecule has 2 N–H and O–H groups in total. The van der Waals surface area contributed by atoms with Crippen molar-refractivity contribution in [2.75, 3.05) is 5.32 Å². The van der Waals surface area contributed by atoms with E-state index < -0.39 is 0 Å². The van der Waals surface area contributed by atoms with Crippen LogP contribution in [0, 0.1) is 11.3 Å². The largest absolute Gasteiger partial charge is 0.446 e. The molecule has 4 rings (SSSR count). The van der Waals surface area contributed by atoms with E-state index in [1.165, 1.54) is 17.4 Å². The van der Waals surface area contributed by atoms with Gasteiger partial charge in [-0.05, 0) is 49.0 Å². The van der Waals surface area contributed by atoms with Crippen LogP contribution in [-0.2, 0) is 22.4 Å². The molecule has 2 aromatic heterocycles. The minimum Gasteiger partial charge on any atom is -0.446 e. The summed E-state index contributed by atoms with van der Waals surface area (Å²) in [5, 5.41) is 15.8. The van der Waals surface area contributed by atoms with Crippen LogP contribution in [0.2, 0.25) is 0 Å². The van der Waals surface area contributed by atoms with Crippen molar-refractivity contribution in [3.8, 4) is 6.07 Å². The van der Waals surface area contributed by atoms with E-state index in [1.807, 2.05) is 6.07 Å². The van der Waals surface area contributed by atoms with Gasteiger partial charge in [-0.2, -0.15) is 5.26 Å². The predicted molar refractivity (Wildman–Crippen MR) is 109 cm³/mol. The van der Waals surface area contributed by atoms with Crippen molar-refractivity contribution < 1.29 is 14.3 Å². The molecule has 7 nitrogen and oxygen atoms in total. The third-order valence-corrected chi connectivity index (χ3v) is 6.02. The normalized spacial score (nSPS) is 18.0. The topological polar surface area (TPSA) is 104 Å². The van der Waals surface area contributed by atoms with E-state index in [1.54, 1.807) is 24.5 Å². The molecule has 8 heteroatoms. The van der Waals surface area contributed by atoms with Crippen LogP contribution >= 0.6 is 11.3 Å². The summed E-state index contributed by atoms with van der Waals surface area (Å²) in [5.41, 5.74) is 2.28. The first-order valence-corrected chi connectivity index (χ1v) is 10.3. The molecule has 1 atom stereocenters. The SMILES string of the molecule is N#Cc1c(NC(=O)/C=C/c2cccnc2)sc2c1CCC(OC(=O)NC1CC1)C2. The van der Waals surface area contributed by atoms with E-state index in [0.29, 0.717) is 29.8 Å². The molecule has 2 aliphatic rings. The molecule has 1 unspecified atom stereocenters. The average Bonchev–Trinajstić information content (AvgIpc) is 3.46. The van der Waals surface area contributed by atoms with Crippen LogP contribution in [-0.4, -0.2) is 29.1 Å². The van der Waals surface area contributed by atoms with Crippen LogP contribution in [0.4, 0.5) is 9.80 Å². The second-order valence-electron chi connectivity index (χ2n) is 7.12. The standard InChI is InChI=1S/C21H20N4O3S/c22-11-17-16-7-6-15(28-21(27)24-14-4-5-14)10-18(16)29-20(17)25-19(26)8-3-13-2-1-9-23-12-13/h1-3,8-9,12,14-15H,4-7,10H2,(H,24,27)(H,25,26)/b8-3+. The zero-order valence-corrected chi connectivity index (χ0v) is 16.5. The molecular formula is C21H20N4O3S. The highest BCUT2D eigenvalue weighted by Gasteiger charge is 2.30. The van der Waals surface area contributed by atoms with Gasteiger partial charge in [-0.15, -0.1) is 11.3 Å². The predicted octanol–water partition coefficient (Wildman–Crippen LogP) is 3.41. The number of ether oxygens (including phenoxy) is 1. The number of pyridine rings is 1. The first-order valence-electron chi connectivity index (χ1n) is 9.53. The number of amides is 2. The molecule has 0 spiro atoms. The molecule has 0 bridgehead atoms. The van der Waals surface area contributed by atoms with E-state index in [2.05, 4.69) is 21.7 Å². The average molecular weight is 408 g/mol. The van der Waals surface area contributed by atoms with Gasteiger partial charge in [0.25, 0.3) is 0 Å². The fraction of sp³-hybridized carbons (Fsp3) is 0.333. The van der Waals surface area contributed by atoms with Gasteiger partial charge in [0, 0.05) is 35.8 Å². The Bertz CT molecular complexity index is 989. The third kappa shape index (κ3) is 4.81. The molecule has 0 saturated heterocycles. The number of rotatable bonds is 5. The molecular weight excluding hydrogens is 388 g/mol. The number of nitrogens with one attached hydrogen (secondary N) is 2. The Kier molecular flexibility index (Phi) is 5.58. The van der Waals surface area contributed by atoms with Crippen molar-refractivity contribution in [1.29, 1.82) is 5.26 Å². The molecule has 29 heavy (non-hydrogen) atoms. The molecule has 1 saturated carbocycles. The Balaban J connectivity index is 1.41. The highest BCUT2D eigenvalue weighted by atomic mass is 32.1. The van der Waals surface area contributed by atoms with Gasteiger partial charge < -0.3 is 15.4 Å². The zero-order valence-electron chi connectivity index (χ0n) is 15.7. The Morgan fingerprint density at radius 1 is 1.34 bits per heavy atom. The molecule has 0 aromatic carbocycles. The van der Waals surface area contributed by atoms with Crippen molar-refractivity contribution in [2.45, 2.75) is 44.2 Å². The fourth-order valence-corrected chi connectivity index (χ4v) is 4.51. The monoisotopic (exact) mass is 408 g/mol. The van der Waals surface area contributed by atoms with Crippen molar-refractivity contribution in [3.63, 3.8) is 0 Å². The van der Waals surface area contributed by atoms with E-state index in [4.69, 9.17) is 4.74 Å². The molecule has 148 valence electrons. The first kappa shape index (κ1) is 19.2. The number of hydrogen-bond donors (Lipinski definition) is 2. The number of aromatic nitrogens is 1. The quantitative estimate of drug-likeness (QED) is 0.738. The zero-order chi connectivity index (χ0) is 20.2. The summed E-state index contributed by atoms with van der Waals surface area (Å²) in [7, 11) is 0. The Labute approximate surface area is 172 Å². The number of carbonyl (C=O) groups excluding carboxylic acids is 2. The Hall–Kier alpha value is -3.18. The van der Waals surface area contributed by atoms with Crippen LogP contribution in [0.5, 0.6) is 0 Å². The number of carbonyl (C=O) groups is 2. The molecule has 1 fully saturated rings. The summed E-state index contributed by atoms with van der Waals surface area (Å²) in [5.74, 6) is -0.305. The van der Waals surface area contributed by atoms with Crippen LogP contribution in [0.1, 0.15) is 40.8 Å². The number of nitrogens with zero attached hydrogens (tertiary/aromatic N) is 2. The van der Waals surface area contributed by atoms with Crippen molar-refractivity contribution >= 4 is 34.4 Å². The maximum atomic E-state index is 12.3. The maximum absolute atomic E-state index is 12.3.